The van der Waals surface area contributed by atoms with Gasteiger partial charge in [-0.1, -0.05) is 0 Å². The lowest BCUT2D eigenvalue weighted by molar-refractivity contribution is 0.0526. The van der Waals surface area contributed by atoms with Crippen molar-refractivity contribution < 1.29 is 17.9 Å². The van der Waals surface area contributed by atoms with Gasteiger partial charge in [0.1, 0.15) is 0 Å². The maximum atomic E-state index is 12.0. The first kappa shape index (κ1) is 17.3. The van der Waals surface area contributed by atoms with Crippen LogP contribution in [0.4, 0.5) is 0 Å². The fourth-order valence-electron chi connectivity index (χ4n) is 3.07. The van der Waals surface area contributed by atoms with Crippen LogP contribution in [0, 0.1) is 0 Å². The Morgan fingerprint density at radius 1 is 1.04 bits per heavy atom. The largest absolute Gasteiger partial charge is 0.462 e. The van der Waals surface area contributed by atoms with E-state index in [1.165, 1.54) is 10.2 Å². The monoisotopic (exact) mass is 383 g/mol. The molecule has 0 saturated carbocycles. The van der Waals surface area contributed by atoms with Crippen LogP contribution < -0.4 is 0 Å². The van der Waals surface area contributed by atoms with E-state index < -0.39 is 10.0 Å². The maximum absolute atomic E-state index is 12.0. The SMILES string of the molecule is CCOC(=O)c1ccc(-n2ccc3nc4ccn(S(C)(=O)=O)c4cc32)cc1. The number of esters is 1. The molecule has 0 fully saturated rings. The minimum atomic E-state index is -3.42. The van der Waals surface area contributed by atoms with Gasteiger partial charge in [-0.3, -0.25) is 0 Å². The van der Waals surface area contributed by atoms with Crippen LogP contribution in [-0.4, -0.2) is 40.8 Å². The first-order valence-electron chi connectivity index (χ1n) is 8.36. The van der Waals surface area contributed by atoms with Gasteiger partial charge in [-0.15, -0.1) is 0 Å². The predicted octanol–water partition coefficient (Wildman–Crippen LogP) is 2.96. The van der Waals surface area contributed by atoms with Crippen molar-refractivity contribution in [3.63, 3.8) is 0 Å². The van der Waals surface area contributed by atoms with Crippen LogP contribution >= 0.6 is 0 Å². The highest BCUT2D eigenvalue weighted by Crippen LogP contribution is 2.25. The second kappa shape index (κ2) is 6.24. The number of hydrogen-bond acceptors (Lipinski definition) is 5. The van der Waals surface area contributed by atoms with Crippen molar-refractivity contribution in [1.29, 1.82) is 0 Å². The number of carbonyl (C=O) groups is 1. The molecule has 7 nitrogen and oxygen atoms in total. The highest BCUT2D eigenvalue weighted by atomic mass is 32.2. The number of ether oxygens (including phenoxy) is 1. The van der Waals surface area contributed by atoms with E-state index in [0.29, 0.717) is 23.2 Å². The summed E-state index contributed by atoms with van der Waals surface area (Å²) in [6.45, 7) is 2.09. The molecule has 0 saturated heterocycles. The zero-order valence-corrected chi connectivity index (χ0v) is 15.6. The van der Waals surface area contributed by atoms with Crippen molar-refractivity contribution in [1.82, 2.24) is 13.5 Å². The van der Waals surface area contributed by atoms with Crippen LogP contribution in [0.3, 0.4) is 0 Å². The molecule has 8 heteroatoms. The molecule has 0 unspecified atom stereocenters. The Morgan fingerprint density at radius 2 is 1.70 bits per heavy atom. The van der Waals surface area contributed by atoms with Crippen LogP contribution in [-0.2, 0) is 14.8 Å². The van der Waals surface area contributed by atoms with Gasteiger partial charge in [-0.25, -0.2) is 22.2 Å². The summed E-state index contributed by atoms with van der Waals surface area (Å²) in [6, 6.07) is 12.4. The topological polar surface area (TPSA) is 83.2 Å². The molecule has 4 rings (SSSR count). The average Bonchev–Trinajstić information content (AvgIpc) is 3.23. The van der Waals surface area contributed by atoms with E-state index in [4.69, 9.17) is 4.74 Å². The van der Waals surface area contributed by atoms with Gasteiger partial charge in [-0.05, 0) is 49.4 Å². The standard InChI is InChI=1S/C19H17N3O4S/c1-3-26-19(23)13-4-6-14(7-5-13)21-10-8-15-17(21)12-18-16(20-15)9-11-22(18)27(2,24)25/h4-12H,3H2,1-2H3. The molecule has 0 N–H and O–H groups in total. The van der Waals surface area contributed by atoms with Gasteiger partial charge in [0, 0.05) is 18.1 Å². The summed E-state index contributed by atoms with van der Waals surface area (Å²) in [5.41, 5.74) is 3.97. The summed E-state index contributed by atoms with van der Waals surface area (Å²) >= 11 is 0. The zero-order chi connectivity index (χ0) is 19.2. The zero-order valence-electron chi connectivity index (χ0n) is 14.8. The van der Waals surface area contributed by atoms with Crippen LogP contribution in [0.15, 0.2) is 54.9 Å². The number of carbonyl (C=O) groups excluding carboxylic acids is 1. The molecule has 1 aromatic carbocycles. The van der Waals surface area contributed by atoms with E-state index in [1.54, 1.807) is 31.2 Å². The molecular formula is C19H17N3O4S. The summed E-state index contributed by atoms with van der Waals surface area (Å²) in [4.78, 5) is 16.4. The molecule has 0 radical (unpaired) electrons. The smallest absolute Gasteiger partial charge is 0.338 e. The Morgan fingerprint density at radius 3 is 2.37 bits per heavy atom. The maximum Gasteiger partial charge on any atom is 0.338 e. The van der Waals surface area contributed by atoms with Crippen molar-refractivity contribution in [2.45, 2.75) is 6.92 Å². The van der Waals surface area contributed by atoms with Crippen LogP contribution in [0.25, 0.3) is 27.8 Å². The lowest BCUT2D eigenvalue weighted by atomic mass is 10.2. The van der Waals surface area contributed by atoms with Gasteiger partial charge < -0.3 is 9.30 Å². The number of hydrogen-bond donors (Lipinski definition) is 0. The van der Waals surface area contributed by atoms with E-state index in [2.05, 4.69) is 4.98 Å². The molecule has 0 atom stereocenters. The average molecular weight is 383 g/mol. The third kappa shape index (κ3) is 2.97. The summed E-state index contributed by atoms with van der Waals surface area (Å²) in [7, 11) is -3.42. The third-order valence-electron chi connectivity index (χ3n) is 4.30. The molecule has 0 bridgehead atoms. The molecule has 3 heterocycles. The minimum Gasteiger partial charge on any atom is -0.462 e. The van der Waals surface area contributed by atoms with Crippen molar-refractivity contribution in [3.05, 3.63) is 60.4 Å². The summed E-state index contributed by atoms with van der Waals surface area (Å²) < 4.78 is 32.1. The third-order valence-corrected chi connectivity index (χ3v) is 5.33. The van der Waals surface area contributed by atoms with Crippen LogP contribution in [0.1, 0.15) is 17.3 Å². The van der Waals surface area contributed by atoms with Crippen molar-refractivity contribution in [2.75, 3.05) is 12.9 Å². The van der Waals surface area contributed by atoms with Gasteiger partial charge in [0.05, 0.1) is 40.5 Å². The first-order chi connectivity index (χ1) is 12.9. The van der Waals surface area contributed by atoms with E-state index >= 15 is 0 Å². The quantitative estimate of drug-likeness (QED) is 0.506. The molecular weight excluding hydrogens is 366 g/mol. The van der Waals surface area contributed by atoms with E-state index in [1.807, 2.05) is 29.0 Å². The number of aromatic nitrogens is 3. The molecule has 0 aliphatic rings. The molecule has 0 aliphatic carbocycles. The fourth-order valence-corrected chi connectivity index (χ4v) is 3.85. The lowest BCUT2D eigenvalue weighted by Gasteiger charge is -2.08. The molecule has 3 aromatic heterocycles. The second-order valence-corrected chi connectivity index (χ2v) is 7.98. The molecule has 4 aromatic rings. The highest BCUT2D eigenvalue weighted by molar-refractivity contribution is 7.89. The molecule has 27 heavy (non-hydrogen) atoms. The van der Waals surface area contributed by atoms with Gasteiger partial charge >= 0.3 is 5.97 Å². The van der Waals surface area contributed by atoms with Gasteiger partial charge in [0.2, 0.25) is 10.0 Å². The molecule has 0 aliphatic heterocycles. The van der Waals surface area contributed by atoms with E-state index in [0.717, 1.165) is 23.0 Å². The Labute approximate surface area is 155 Å². The van der Waals surface area contributed by atoms with Crippen molar-refractivity contribution in [2.24, 2.45) is 0 Å². The predicted molar refractivity (Wildman–Crippen MR) is 103 cm³/mol. The lowest BCUT2D eigenvalue weighted by Crippen LogP contribution is -2.08. The van der Waals surface area contributed by atoms with Crippen LogP contribution in [0.5, 0.6) is 0 Å². The number of nitrogens with zero attached hydrogens (tertiary/aromatic N) is 3. The Bertz CT molecular complexity index is 1270. The Kier molecular flexibility index (Phi) is 4.00. The normalized spacial score (nSPS) is 11.9. The number of rotatable bonds is 4. The van der Waals surface area contributed by atoms with Gasteiger partial charge in [0.15, 0.2) is 0 Å². The van der Waals surface area contributed by atoms with Crippen molar-refractivity contribution in [3.8, 4) is 5.69 Å². The summed E-state index contributed by atoms with van der Waals surface area (Å²) in [6.07, 6.45) is 4.52. The second-order valence-electron chi connectivity index (χ2n) is 6.12. The number of fused-ring (bicyclic) bond motifs is 2. The number of benzene rings is 1. The van der Waals surface area contributed by atoms with Gasteiger partial charge in [-0.2, -0.15) is 0 Å². The first-order valence-corrected chi connectivity index (χ1v) is 10.2. The van der Waals surface area contributed by atoms with Crippen molar-refractivity contribution >= 4 is 38.1 Å². The summed E-state index contributed by atoms with van der Waals surface area (Å²) in [5, 5.41) is 0. The molecule has 138 valence electrons. The number of pyridine rings is 1. The minimum absolute atomic E-state index is 0.324. The Balaban J connectivity index is 1.84. The van der Waals surface area contributed by atoms with Crippen LogP contribution in [0.2, 0.25) is 0 Å². The highest BCUT2D eigenvalue weighted by Gasteiger charge is 2.14. The molecule has 0 amide bonds. The molecule has 0 spiro atoms. The van der Waals surface area contributed by atoms with E-state index in [9.17, 15) is 13.2 Å². The van der Waals surface area contributed by atoms with Gasteiger partial charge in [0.25, 0.3) is 0 Å². The summed E-state index contributed by atoms with van der Waals surface area (Å²) in [5.74, 6) is -0.365. The van der Waals surface area contributed by atoms with E-state index in [-0.39, 0.29) is 5.97 Å². The Hall–Kier alpha value is -3.13. The fraction of sp³-hybridized carbons (Fsp3) is 0.158.